The summed E-state index contributed by atoms with van der Waals surface area (Å²) in [6, 6.07) is 0. The molecule has 0 aromatic rings. The van der Waals surface area contributed by atoms with Gasteiger partial charge in [-0.1, -0.05) is 4.33 Å². The summed E-state index contributed by atoms with van der Waals surface area (Å²) in [5.74, 6) is -2.66. The van der Waals surface area contributed by atoms with Crippen molar-refractivity contribution in [2.24, 2.45) is 0 Å². The highest BCUT2D eigenvalue weighted by atomic mass is 32.2. The van der Waals surface area contributed by atoms with E-state index in [9.17, 15) is 26.4 Å². The van der Waals surface area contributed by atoms with Crippen LogP contribution in [0.15, 0.2) is 0 Å². The van der Waals surface area contributed by atoms with Crippen molar-refractivity contribution in [3.05, 3.63) is 0 Å². The van der Waals surface area contributed by atoms with Crippen LogP contribution in [0.3, 0.4) is 0 Å². The molecule has 0 saturated heterocycles. The molecule has 0 aliphatic rings. The third kappa shape index (κ3) is 4.65. The zero-order chi connectivity index (χ0) is 10.7. The number of amides is 1. The Bertz CT molecular complexity index is 282. The summed E-state index contributed by atoms with van der Waals surface area (Å²) >= 11 is 0. The molecule has 0 radical (unpaired) electrons. The van der Waals surface area contributed by atoms with Crippen molar-refractivity contribution >= 4 is 16.2 Å². The molecule has 0 aliphatic carbocycles. The highest BCUT2D eigenvalue weighted by Gasteiger charge is 2.41. The van der Waals surface area contributed by atoms with Crippen LogP contribution in [0.5, 0.6) is 0 Å². The van der Waals surface area contributed by atoms with Gasteiger partial charge in [-0.05, 0) is 0 Å². The van der Waals surface area contributed by atoms with E-state index in [0.717, 1.165) is 7.11 Å². The maximum atomic E-state index is 11.4. The molecule has 0 rings (SSSR count). The van der Waals surface area contributed by atoms with E-state index in [1.54, 1.807) is 0 Å². The van der Waals surface area contributed by atoms with Gasteiger partial charge in [-0.3, -0.25) is 4.79 Å². The van der Waals surface area contributed by atoms with Gasteiger partial charge in [-0.2, -0.15) is 21.6 Å². The van der Waals surface area contributed by atoms with Crippen LogP contribution in [0, 0.1) is 0 Å². The number of hydrogen-bond acceptors (Lipinski definition) is 5. The summed E-state index contributed by atoms with van der Waals surface area (Å²) in [4.78, 5) is 13.6. The van der Waals surface area contributed by atoms with E-state index in [1.807, 2.05) is 0 Å². The third-order valence-electron chi connectivity index (χ3n) is 0.633. The van der Waals surface area contributed by atoms with Gasteiger partial charge in [0.2, 0.25) is 0 Å². The van der Waals surface area contributed by atoms with Crippen LogP contribution in [-0.2, 0) is 24.3 Å². The summed E-state index contributed by atoms with van der Waals surface area (Å²) in [6.07, 6.45) is -5.30. The van der Waals surface area contributed by atoms with Gasteiger partial charge >= 0.3 is 22.4 Å². The van der Waals surface area contributed by atoms with Gasteiger partial charge in [0.05, 0.1) is 7.11 Å². The number of alkyl halides is 3. The van der Waals surface area contributed by atoms with E-state index >= 15 is 0 Å². The number of nitrogens with one attached hydrogen (secondary N) is 1. The molecule has 0 spiro atoms. The largest absolute Gasteiger partial charge is 0.472 e. The van der Waals surface area contributed by atoms with Gasteiger partial charge in [0.15, 0.2) is 0 Å². The van der Waals surface area contributed by atoms with Crippen LogP contribution in [0.1, 0.15) is 0 Å². The predicted octanol–water partition coefficient (Wildman–Crippen LogP) is -0.512. The van der Waals surface area contributed by atoms with Gasteiger partial charge in [0, 0.05) is 0 Å². The molecular weight excluding hydrogens is 219 g/mol. The maximum absolute atomic E-state index is 11.4. The Balaban J connectivity index is 4.39. The van der Waals surface area contributed by atoms with Crippen molar-refractivity contribution in [3.8, 4) is 0 Å². The standard InChI is InChI=1S/C3H4F3NO5S/c1-11-12-13(9,10)7-2(8)3(4,5)6/h1H3,(H,7,8). The zero-order valence-corrected chi connectivity index (χ0v) is 6.90. The molecule has 0 saturated carbocycles. The summed E-state index contributed by atoms with van der Waals surface area (Å²) in [7, 11) is -4.11. The van der Waals surface area contributed by atoms with Crippen LogP contribution >= 0.6 is 0 Å². The van der Waals surface area contributed by atoms with Gasteiger partial charge in [0.25, 0.3) is 0 Å². The Hall–Kier alpha value is -0.870. The van der Waals surface area contributed by atoms with Crippen LogP contribution in [0.25, 0.3) is 0 Å². The van der Waals surface area contributed by atoms with E-state index in [2.05, 4.69) is 9.22 Å². The first kappa shape index (κ1) is 12.1. The van der Waals surface area contributed by atoms with Gasteiger partial charge < -0.3 is 0 Å². The third-order valence-corrected chi connectivity index (χ3v) is 1.38. The van der Waals surface area contributed by atoms with E-state index < -0.39 is 22.4 Å². The highest BCUT2D eigenvalue weighted by molar-refractivity contribution is 7.85. The minimum atomic E-state index is -5.30. The van der Waals surface area contributed by atoms with Crippen LogP contribution in [0.4, 0.5) is 13.2 Å². The van der Waals surface area contributed by atoms with Crippen LogP contribution < -0.4 is 4.72 Å². The molecule has 0 aliphatic heterocycles. The van der Waals surface area contributed by atoms with Crippen molar-refractivity contribution in [1.82, 2.24) is 4.72 Å². The van der Waals surface area contributed by atoms with Gasteiger partial charge in [-0.15, -0.1) is 0 Å². The fourth-order valence-corrected chi connectivity index (χ4v) is 0.834. The van der Waals surface area contributed by atoms with Gasteiger partial charge in [0.1, 0.15) is 0 Å². The molecule has 0 fully saturated rings. The minimum Gasteiger partial charge on any atom is -0.263 e. The molecule has 0 bridgehead atoms. The number of carbonyl (C=O) groups is 1. The van der Waals surface area contributed by atoms with Gasteiger partial charge in [-0.25, -0.2) is 9.61 Å². The van der Waals surface area contributed by atoms with Crippen molar-refractivity contribution in [2.75, 3.05) is 7.11 Å². The SMILES string of the molecule is COOS(=O)(=O)NC(=O)C(F)(F)F. The fraction of sp³-hybridized carbons (Fsp3) is 0.667. The molecule has 0 unspecified atom stereocenters. The van der Waals surface area contributed by atoms with Crippen molar-refractivity contribution in [2.45, 2.75) is 6.18 Å². The molecule has 0 heterocycles. The lowest BCUT2D eigenvalue weighted by Crippen LogP contribution is -2.41. The average molecular weight is 223 g/mol. The summed E-state index contributed by atoms with van der Waals surface area (Å²) in [5.41, 5.74) is 0. The maximum Gasteiger partial charge on any atom is 0.472 e. The Morgan fingerprint density at radius 2 is 1.85 bits per heavy atom. The minimum absolute atomic E-state index is 0.558. The summed E-state index contributed by atoms with van der Waals surface area (Å²) in [6.45, 7) is 0. The molecule has 1 amide bonds. The number of carbonyl (C=O) groups excluding carboxylic acids is 1. The lowest BCUT2D eigenvalue weighted by molar-refractivity contribution is -0.180. The Kier molecular flexibility index (Phi) is 3.63. The average Bonchev–Trinajstić information content (AvgIpc) is 1.83. The highest BCUT2D eigenvalue weighted by Crippen LogP contribution is 2.14. The number of halogens is 3. The van der Waals surface area contributed by atoms with E-state index in [0.29, 0.717) is 4.72 Å². The lowest BCUT2D eigenvalue weighted by atomic mass is 10.6. The number of rotatable bonds is 3. The molecule has 6 nitrogen and oxygen atoms in total. The van der Waals surface area contributed by atoms with E-state index in [-0.39, 0.29) is 0 Å². The monoisotopic (exact) mass is 223 g/mol. The predicted molar refractivity (Wildman–Crippen MR) is 31.2 cm³/mol. The molecule has 0 atom stereocenters. The quantitative estimate of drug-likeness (QED) is 0.514. The van der Waals surface area contributed by atoms with Crippen LogP contribution in [-0.4, -0.2) is 27.6 Å². The Labute approximate surface area is 70.8 Å². The normalized spacial score (nSPS) is 12.6. The van der Waals surface area contributed by atoms with Crippen molar-refractivity contribution < 1.29 is 35.6 Å². The smallest absolute Gasteiger partial charge is 0.263 e. The Morgan fingerprint density at radius 3 is 2.15 bits per heavy atom. The second-order valence-corrected chi connectivity index (χ2v) is 2.87. The fourth-order valence-electron chi connectivity index (χ4n) is 0.278. The first-order valence-corrected chi connectivity index (χ1v) is 3.96. The molecule has 13 heavy (non-hydrogen) atoms. The first-order chi connectivity index (χ1) is 5.69. The molecule has 1 N–H and O–H groups in total. The second-order valence-electron chi connectivity index (χ2n) is 1.62. The molecule has 0 aromatic heterocycles. The van der Waals surface area contributed by atoms with E-state index in [4.69, 9.17) is 0 Å². The number of hydrogen-bond donors (Lipinski definition) is 1. The summed E-state index contributed by atoms with van der Waals surface area (Å²) < 4.78 is 58.9. The topological polar surface area (TPSA) is 81.7 Å². The zero-order valence-electron chi connectivity index (χ0n) is 6.08. The van der Waals surface area contributed by atoms with E-state index in [1.165, 1.54) is 0 Å². The first-order valence-electron chi connectivity index (χ1n) is 2.55. The summed E-state index contributed by atoms with van der Waals surface area (Å²) in [5, 5.41) is 0. The molecule has 78 valence electrons. The Morgan fingerprint density at radius 1 is 1.38 bits per heavy atom. The van der Waals surface area contributed by atoms with Crippen molar-refractivity contribution in [1.29, 1.82) is 0 Å². The van der Waals surface area contributed by atoms with Crippen LogP contribution in [0.2, 0.25) is 0 Å². The van der Waals surface area contributed by atoms with Crippen molar-refractivity contribution in [3.63, 3.8) is 0 Å². The molecular formula is C3H4F3NO5S. The molecule has 10 heteroatoms. The second kappa shape index (κ2) is 3.89. The molecule has 0 aromatic carbocycles. The lowest BCUT2D eigenvalue weighted by Gasteiger charge is -2.06.